The molecule has 0 saturated carbocycles. The quantitative estimate of drug-likeness (QED) is 0.841. The fraction of sp³-hybridized carbons (Fsp3) is 0.462. The molecule has 1 N–H and O–H groups in total. The number of benzene rings is 1. The summed E-state index contributed by atoms with van der Waals surface area (Å²) in [5, 5.41) is 2.50. The summed E-state index contributed by atoms with van der Waals surface area (Å²) in [6, 6.07) is 2.04. The van der Waals surface area contributed by atoms with E-state index in [0.29, 0.717) is 5.56 Å². The van der Waals surface area contributed by atoms with Gasteiger partial charge in [0.15, 0.2) is 0 Å². The van der Waals surface area contributed by atoms with E-state index in [9.17, 15) is 13.6 Å². The third-order valence-electron chi connectivity index (χ3n) is 3.60. The Morgan fingerprint density at radius 2 is 2.00 bits per heavy atom. The molecule has 0 radical (unpaired) electrons. The van der Waals surface area contributed by atoms with Gasteiger partial charge in [0.2, 0.25) is 5.91 Å². The van der Waals surface area contributed by atoms with Gasteiger partial charge in [-0.15, -0.1) is 0 Å². The van der Waals surface area contributed by atoms with Gasteiger partial charge >= 0.3 is 0 Å². The number of hydrogen-bond acceptors (Lipinski definition) is 1. The average molecular weight is 239 g/mol. The van der Waals surface area contributed by atoms with Crippen LogP contribution in [0, 0.1) is 17.0 Å². The van der Waals surface area contributed by atoms with Crippen molar-refractivity contribution in [3.63, 3.8) is 0 Å². The Bertz CT molecular complexity index is 483. The highest BCUT2D eigenvalue weighted by atomic mass is 19.1. The smallest absolute Gasteiger partial charge is 0.232 e. The number of hydrogen-bond donors (Lipinski definition) is 1. The van der Waals surface area contributed by atoms with E-state index in [1.54, 1.807) is 0 Å². The normalized spacial score (nSPS) is 19.1. The lowest BCUT2D eigenvalue weighted by Gasteiger charge is -2.28. The van der Waals surface area contributed by atoms with Gasteiger partial charge in [-0.25, -0.2) is 8.78 Å². The molecule has 0 aromatic heterocycles. The molecule has 1 unspecified atom stereocenters. The Labute approximate surface area is 99.0 Å². The molecule has 1 aliphatic rings. The standard InChI is InChI=1S/C13H15F2NO/c1-4-13(2,3)10-8-5-7(14)6-9(15)11(8)16-12(10)17/h5-6,10H,4H2,1-3H3,(H,16,17). The van der Waals surface area contributed by atoms with E-state index in [0.717, 1.165) is 12.5 Å². The van der Waals surface area contributed by atoms with Crippen LogP contribution >= 0.6 is 0 Å². The average Bonchev–Trinajstić information content (AvgIpc) is 2.55. The van der Waals surface area contributed by atoms with Crippen LogP contribution in [0.3, 0.4) is 0 Å². The van der Waals surface area contributed by atoms with Crippen LogP contribution < -0.4 is 5.32 Å². The Kier molecular flexibility index (Phi) is 2.68. The van der Waals surface area contributed by atoms with E-state index in [4.69, 9.17) is 0 Å². The molecule has 1 atom stereocenters. The highest BCUT2D eigenvalue weighted by Crippen LogP contribution is 2.46. The monoisotopic (exact) mass is 239 g/mol. The van der Waals surface area contributed by atoms with E-state index in [1.807, 2.05) is 20.8 Å². The van der Waals surface area contributed by atoms with Crippen molar-refractivity contribution in [1.29, 1.82) is 0 Å². The molecular weight excluding hydrogens is 224 g/mol. The SMILES string of the molecule is CCC(C)(C)C1C(=O)Nc2c(F)cc(F)cc21. The van der Waals surface area contributed by atoms with Gasteiger partial charge in [0.05, 0.1) is 11.6 Å². The molecule has 2 nitrogen and oxygen atoms in total. The summed E-state index contributed by atoms with van der Waals surface area (Å²) >= 11 is 0. The molecule has 1 aromatic rings. The first kappa shape index (κ1) is 12.0. The van der Waals surface area contributed by atoms with Crippen molar-refractivity contribution in [1.82, 2.24) is 0 Å². The summed E-state index contributed by atoms with van der Waals surface area (Å²) in [4.78, 5) is 11.9. The van der Waals surface area contributed by atoms with Gasteiger partial charge in [0, 0.05) is 6.07 Å². The summed E-state index contributed by atoms with van der Waals surface area (Å²) in [7, 11) is 0. The first-order chi connectivity index (χ1) is 7.86. The minimum absolute atomic E-state index is 0.128. The van der Waals surface area contributed by atoms with E-state index in [2.05, 4.69) is 5.32 Å². The van der Waals surface area contributed by atoms with Crippen LogP contribution in [0.5, 0.6) is 0 Å². The fourth-order valence-electron chi connectivity index (χ4n) is 2.27. The third kappa shape index (κ3) is 1.81. The molecule has 0 bridgehead atoms. The highest BCUT2D eigenvalue weighted by Gasteiger charge is 2.42. The maximum Gasteiger partial charge on any atom is 0.232 e. The molecule has 92 valence electrons. The van der Waals surface area contributed by atoms with Crippen LogP contribution in [0.4, 0.5) is 14.5 Å². The number of anilines is 1. The minimum atomic E-state index is -0.706. The number of fused-ring (bicyclic) bond motifs is 1. The van der Waals surface area contributed by atoms with Crippen molar-refractivity contribution in [3.8, 4) is 0 Å². The number of carbonyl (C=O) groups is 1. The second-order valence-electron chi connectivity index (χ2n) is 5.12. The molecule has 1 aromatic carbocycles. The minimum Gasteiger partial charge on any atom is -0.323 e. The van der Waals surface area contributed by atoms with E-state index in [-0.39, 0.29) is 17.0 Å². The first-order valence-corrected chi connectivity index (χ1v) is 5.66. The fourth-order valence-corrected chi connectivity index (χ4v) is 2.27. The van der Waals surface area contributed by atoms with E-state index in [1.165, 1.54) is 6.07 Å². The lowest BCUT2D eigenvalue weighted by atomic mass is 9.74. The van der Waals surface area contributed by atoms with Gasteiger partial charge in [-0.1, -0.05) is 20.8 Å². The summed E-state index contributed by atoms with van der Waals surface area (Å²) < 4.78 is 26.8. The maximum atomic E-state index is 13.5. The van der Waals surface area contributed by atoms with Gasteiger partial charge < -0.3 is 5.32 Å². The lowest BCUT2D eigenvalue weighted by Crippen LogP contribution is -2.27. The predicted octanol–water partition coefficient (Wildman–Crippen LogP) is 3.44. The highest BCUT2D eigenvalue weighted by molar-refractivity contribution is 6.03. The largest absolute Gasteiger partial charge is 0.323 e. The van der Waals surface area contributed by atoms with Crippen molar-refractivity contribution in [2.75, 3.05) is 5.32 Å². The number of carbonyl (C=O) groups excluding carboxylic acids is 1. The first-order valence-electron chi connectivity index (χ1n) is 5.66. The molecule has 4 heteroatoms. The molecule has 0 fully saturated rings. The molecule has 1 heterocycles. The van der Waals surface area contributed by atoms with Gasteiger partial charge in [0.1, 0.15) is 11.6 Å². The number of amides is 1. The van der Waals surface area contributed by atoms with Crippen LogP contribution in [0.15, 0.2) is 12.1 Å². The zero-order chi connectivity index (χ0) is 12.8. The van der Waals surface area contributed by atoms with Crippen molar-refractivity contribution in [2.24, 2.45) is 5.41 Å². The Morgan fingerprint density at radius 1 is 1.35 bits per heavy atom. The summed E-state index contributed by atoms with van der Waals surface area (Å²) in [5.74, 6) is -2.10. The zero-order valence-corrected chi connectivity index (χ0v) is 10.1. The van der Waals surface area contributed by atoms with E-state index >= 15 is 0 Å². The molecule has 0 aliphatic carbocycles. The van der Waals surface area contributed by atoms with Gasteiger partial charge in [-0.2, -0.15) is 0 Å². The van der Waals surface area contributed by atoms with Crippen LogP contribution in [-0.4, -0.2) is 5.91 Å². The van der Waals surface area contributed by atoms with Crippen molar-refractivity contribution in [2.45, 2.75) is 33.1 Å². The molecule has 17 heavy (non-hydrogen) atoms. The second-order valence-corrected chi connectivity index (χ2v) is 5.12. The maximum absolute atomic E-state index is 13.5. The number of rotatable bonds is 2. The molecule has 2 rings (SSSR count). The summed E-state index contributed by atoms with van der Waals surface area (Å²) in [5.41, 5.74) is 0.234. The van der Waals surface area contributed by atoms with Crippen LogP contribution in [0.1, 0.15) is 38.7 Å². The van der Waals surface area contributed by atoms with Crippen molar-refractivity contribution < 1.29 is 13.6 Å². The second kappa shape index (κ2) is 3.79. The predicted molar refractivity (Wildman–Crippen MR) is 61.8 cm³/mol. The van der Waals surface area contributed by atoms with Gasteiger partial charge in [0.25, 0.3) is 0 Å². The van der Waals surface area contributed by atoms with Crippen LogP contribution in [0.2, 0.25) is 0 Å². The third-order valence-corrected chi connectivity index (χ3v) is 3.60. The molecular formula is C13H15F2NO. The summed E-state index contributed by atoms with van der Waals surface area (Å²) in [6.07, 6.45) is 0.753. The van der Waals surface area contributed by atoms with Crippen molar-refractivity contribution in [3.05, 3.63) is 29.3 Å². The molecule has 1 amide bonds. The Hall–Kier alpha value is -1.45. The van der Waals surface area contributed by atoms with Crippen LogP contribution in [-0.2, 0) is 4.79 Å². The molecule has 0 spiro atoms. The Balaban J connectivity index is 2.58. The number of nitrogens with one attached hydrogen (secondary N) is 1. The molecule has 1 aliphatic heterocycles. The van der Waals surface area contributed by atoms with E-state index < -0.39 is 17.6 Å². The number of halogens is 2. The lowest BCUT2D eigenvalue weighted by molar-refractivity contribution is -0.119. The van der Waals surface area contributed by atoms with Crippen molar-refractivity contribution >= 4 is 11.6 Å². The topological polar surface area (TPSA) is 29.1 Å². The summed E-state index contributed by atoms with van der Waals surface area (Å²) in [6.45, 7) is 5.81. The molecule has 0 saturated heterocycles. The zero-order valence-electron chi connectivity index (χ0n) is 10.1. The van der Waals surface area contributed by atoms with Crippen LogP contribution in [0.25, 0.3) is 0 Å². The van der Waals surface area contributed by atoms with Gasteiger partial charge in [-0.3, -0.25) is 4.79 Å². The Morgan fingerprint density at radius 3 is 2.59 bits per heavy atom. The van der Waals surface area contributed by atoms with Gasteiger partial charge in [-0.05, 0) is 23.5 Å².